The van der Waals surface area contributed by atoms with E-state index in [-0.39, 0.29) is 25.4 Å². The molecule has 1 fully saturated rings. The highest BCUT2D eigenvalue weighted by atomic mass is 19.4. The molecule has 1 atom stereocenters. The lowest BCUT2D eigenvalue weighted by Gasteiger charge is -2.40. The van der Waals surface area contributed by atoms with Crippen molar-refractivity contribution in [2.24, 2.45) is 11.8 Å². The van der Waals surface area contributed by atoms with Crippen LogP contribution in [0.5, 0.6) is 0 Å². The first-order valence-electron chi connectivity index (χ1n) is 11.2. The summed E-state index contributed by atoms with van der Waals surface area (Å²) in [5.74, 6) is -5.63. The Morgan fingerprint density at radius 1 is 1.06 bits per heavy atom. The van der Waals surface area contributed by atoms with Crippen molar-refractivity contribution in [1.82, 2.24) is 10.2 Å². The van der Waals surface area contributed by atoms with Crippen molar-refractivity contribution >= 4 is 18.0 Å². The Bertz CT molecular complexity index is 1080. The Hall–Kier alpha value is -3.56. The lowest BCUT2D eigenvalue weighted by atomic mass is 9.79. The third-order valence-electron chi connectivity index (χ3n) is 6.85. The van der Waals surface area contributed by atoms with Crippen LogP contribution in [0.2, 0.25) is 0 Å². The van der Waals surface area contributed by atoms with Gasteiger partial charge in [-0.15, -0.1) is 0 Å². The summed E-state index contributed by atoms with van der Waals surface area (Å²) < 4.78 is 46.1. The Labute approximate surface area is 199 Å². The summed E-state index contributed by atoms with van der Waals surface area (Å²) in [6.45, 7) is -1.04. The van der Waals surface area contributed by atoms with Crippen molar-refractivity contribution in [2.45, 2.75) is 31.0 Å². The van der Waals surface area contributed by atoms with E-state index in [4.69, 9.17) is 9.84 Å². The second-order valence-electron chi connectivity index (χ2n) is 8.91. The quantitative estimate of drug-likeness (QED) is 0.611. The van der Waals surface area contributed by atoms with Gasteiger partial charge in [-0.05, 0) is 35.1 Å². The fourth-order valence-corrected chi connectivity index (χ4v) is 4.71. The van der Waals surface area contributed by atoms with Gasteiger partial charge >= 0.3 is 18.2 Å². The first-order chi connectivity index (χ1) is 16.6. The number of carboxylic acid groups (broad SMARTS) is 1. The van der Waals surface area contributed by atoms with Crippen molar-refractivity contribution in [1.29, 1.82) is 0 Å². The van der Waals surface area contributed by atoms with Gasteiger partial charge in [0, 0.05) is 25.6 Å². The fraction of sp³-hybridized carbons (Fsp3) is 0.400. The average Bonchev–Trinajstić information content (AvgIpc) is 3.09. The molecule has 0 spiro atoms. The summed E-state index contributed by atoms with van der Waals surface area (Å²) in [4.78, 5) is 36.7. The predicted molar refractivity (Wildman–Crippen MR) is 120 cm³/mol. The Balaban J connectivity index is 1.35. The van der Waals surface area contributed by atoms with E-state index in [1.807, 2.05) is 48.5 Å². The molecule has 186 valence electrons. The summed E-state index contributed by atoms with van der Waals surface area (Å²) in [7, 11) is 1.22. The largest absolute Gasteiger partial charge is 0.481 e. The topological polar surface area (TPSA) is 95.9 Å². The first kappa shape index (κ1) is 24.6. The van der Waals surface area contributed by atoms with Gasteiger partial charge in [0.2, 0.25) is 5.91 Å². The Morgan fingerprint density at radius 3 is 2.11 bits per heavy atom. The molecule has 0 aromatic heterocycles. The number of rotatable bonds is 7. The van der Waals surface area contributed by atoms with E-state index >= 15 is 0 Å². The second kappa shape index (κ2) is 9.59. The highest BCUT2D eigenvalue weighted by molar-refractivity contribution is 5.82. The molecule has 0 radical (unpaired) electrons. The summed E-state index contributed by atoms with van der Waals surface area (Å²) in [5.41, 5.74) is 3.96. The number of halogens is 3. The molecule has 7 nitrogen and oxygen atoms in total. The van der Waals surface area contributed by atoms with Gasteiger partial charge in [-0.25, -0.2) is 4.79 Å². The predicted octanol–water partition coefficient (Wildman–Crippen LogP) is 4.03. The van der Waals surface area contributed by atoms with Crippen LogP contribution in [0, 0.1) is 11.8 Å². The van der Waals surface area contributed by atoms with Gasteiger partial charge in [-0.2, -0.15) is 13.2 Å². The fourth-order valence-electron chi connectivity index (χ4n) is 4.71. The maximum absolute atomic E-state index is 13.6. The third kappa shape index (κ3) is 4.96. The summed E-state index contributed by atoms with van der Waals surface area (Å²) in [6, 6.07) is 14.7. The molecule has 0 saturated heterocycles. The molecule has 2 aliphatic carbocycles. The van der Waals surface area contributed by atoms with Crippen LogP contribution in [-0.2, 0) is 14.3 Å². The molecule has 35 heavy (non-hydrogen) atoms. The number of nitrogens with zero attached hydrogens (tertiary/aromatic N) is 1. The van der Waals surface area contributed by atoms with E-state index in [1.165, 1.54) is 7.05 Å². The van der Waals surface area contributed by atoms with Crippen LogP contribution in [0.25, 0.3) is 11.1 Å². The van der Waals surface area contributed by atoms with Gasteiger partial charge in [0.15, 0.2) is 5.92 Å². The number of alkyl halides is 3. The maximum atomic E-state index is 13.6. The molecule has 1 unspecified atom stereocenters. The summed E-state index contributed by atoms with van der Waals surface area (Å²) >= 11 is 0. The van der Waals surface area contributed by atoms with E-state index in [2.05, 4.69) is 5.32 Å². The summed E-state index contributed by atoms with van der Waals surface area (Å²) in [5, 5.41) is 11.0. The molecule has 0 bridgehead atoms. The van der Waals surface area contributed by atoms with Crippen molar-refractivity contribution < 1.29 is 37.4 Å². The first-order valence-corrected chi connectivity index (χ1v) is 11.2. The molecule has 2 N–H and O–H groups in total. The van der Waals surface area contributed by atoms with E-state index in [9.17, 15) is 27.6 Å². The molecule has 2 aromatic carbocycles. The number of hydrogen-bond acceptors (Lipinski definition) is 4. The van der Waals surface area contributed by atoms with Crippen molar-refractivity contribution in [2.75, 3.05) is 20.2 Å². The number of fused-ring (bicyclic) bond motifs is 3. The second-order valence-corrected chi connectivity index (χ2v) is 8.91. The molecule has 2 amide bonds. The maximum Gasteiger partial charge on any atom is 0.407 e. The van der Waals surface area contributed by atoms with Gasteiger partial charge in [0.25, 0.3) is 0 Å². The molecule has 2 aromatic rings. The van der Waals surface area contributed by atoms with Crippen LogP contribution in [-0.4, -0.2) is 60.4 Å². The van der Waals surface area contributed by atoms with Crippen molar-refractivity contribution in [3.8, 4) is 11.1 Å². The molecular formula is C25H25F3N2O5. The van der Waals surface area contributed by atoms with Crippen LogP contribution >= 0.6 is 0 Å². The highest BCUT2D eigenvalue weighted by Crippen LogP contribution is 2.44. The molecule has 4 rings (SSSR count). The highest BCUT2D eigenvalue weighted by Gasteiger charge is 2.49. The van der Waals surface area contributed by atoms with Crippen LogP contribution in [0.15, 0.2) is 48.5 Å². The summed E-state index contributed by atoms with van der Waals surface area (Å²) in [6.07, 6.45) is -5.74. The Morgan fingerprint density at radius 2 is 1.60 bits per heavy atom. The number of alkyl carbamates (subject to hydrolysis) is 1. The number of carbonyl (C=O) groups excluding carboxylic acids is 2. The molecule has 0 aliphatic heterocycles. The van der Waals surface area contributed by atoms with Crippen LogP contribution in [0.4, 0.5) is 18.0 Å². The van der Waals surface area contributed by atoms with E-state index < -0.39 is 48.6 Å². The minimum atomic E-state index is -4.89. The van der Waals surface area contributed by atoms with Crippen molar-refractivity contribution in [3.05, 3.63) is 59.7 Å². The van der Waals surface area contributed by atoms with Crippen LogP contribution < -0.4 is 5.32 Å². The zero-order valence-electron chi connectivity index (χ0n) is 18.9. The van der Waals surface area contributed by atoms with Gasteiger partial charge in [-0.3, -0.25) is 9.59 Å². The molecule has 1 saturated carbocycles. The lowest BCUT2D eigenvalue weighted by molar-refractivity contribution is -0.190. The number of nitrogens with one attached hydrogen (secondary N) is 1. The third-order valence-corrected chi connectivity index (χ3v) is 6.85. The number of ether oxygens (including phenoxy) is 1. The smallest absolute Gasteiger partial charge is 0.407 e. The minimum Gasteiger partial charge on any atom is -0.481 e. The monoisotopic (exact) mass is 490 g/mol. The van der Waals surface area contributed by atoms with Crippen molar-refractivity contribution in [3.63, 3.8) is 0 Å². The van der Waals surface area contributed by atoms with Gasteiger partial charge < -0.3 is 20.1 Å². The van der Waals surface area contributed by atoms with Gasteiger partial charge in [-0.1, -0.05) is 48.5 Å². The SMILES string of the molecule is CN(C(=O)C(CNC(=O)OCC1c2ccccc2-c2ccccc21)C(F)(F)F)C1CC(C(=O)O)C1. The molecular weight excluding hydrogens is 465 g/mol. The van der Waals surface area contributed by atoms with Gasteiger partial charge in [0.05, 0.1) is 5.92 Å². The number of hydrogen-bond donors (Lipinski definition) is 2. The van der Waals surface area contributed by atoms with Crippen LogP contribution in [0.1, 0.15) is 29.9 Å². The lowest BCUT2D eigenvalue weighted by Crippen LogP contribution is -2.53. The van der Waals surface area contributed by atoms with E-state index in [1.54, 1.807) is 0 Å². The minimum absolute atomic E-state index is 0.0664. The number of benzene rings is 2. The zero-order valence-corrected chi connectivity index (χ0v) is 18.9. The standard InChI is InChI=1S/C25H25F3N2O5/c1-30(15-10-14(11-15)23(32)33)22(31)21(25(26,27)28)12-29-24(34)35-13-20-18-8-4-2-6-16(18)17-7-3-5-9-19(17)20/h2-9,14-15,20-21H,10-13H2,1H3,(H,29,34)(H,32,33). The number of aliphatic carboxylic acids is 1. The number of carbonyl (C=O) groups is 3. The molecule has 0 heterocycles. The molecule has 10 heteroatoms. The Kier molecular flexibility index (Phi) is 6.73. The van der Waals surface area contributed by atoms with Crippen LogP contribution in [0.3, 0.4) is 0 Å². The average molecular weight is 490 g/mol. The molecule has 2 aliphatic rings. The normalized spacial score (nSPS) is 19.7. The zero-order chi connectivity index (χ0) is 25.3. The number of carboxylic acids is 1. The number of amides is 2. The van der Waals surface area contributed by atoms with E-state index in [0.29, 0.717) is 0 Å². The van der Waals surface area contributed by atoms with E-state index in [0.717, 1.165) is 27.2 Å². The van der Waals surface area contributed by atoms with Gasteiger partial charge in [0.1, 0.15) is 6.61 Å².